The monoisotopic (exact) mass is 267 g/mol. The molecule has 2 aromatic carbocycles. The van der Waals surface area contributed by atoms with Crippen LogP contribution in [-0.4, -0.2) is 12.0 Å². The minimum absolute atomic E-state index is 0.690. The van der Waals surface area contributed by atoms with Gasteiger partial charge in [-0.3, -0.25) is 0 Å². The molecule has 0 saturated carbocycles. The SMILES string of the molecule is Cc1nc2cc(N(C)Cc3cccc(N)c3)ccc2o1. The summed E-state index contributed by atoms with van der Waals surface area (Å²) in [6, 6.07) is 14.0. The van der Waals surface area contributed by atoms with Crippen LogP contribution in [0.5, 0.6) is 0 Å². The minimum Gasteiger partial charge on any atom is -0.441 e. The van der Waals surface area contributed by atoms with Gasteiger partial charge in [-0.05, 0) is 35.9 Å². The molecule has 0 aliphatic heterocycles. The number of hydrogen-bond acceptors (Lipinski definition) is 4. The summed E-state index contributed by atoms with van der Waals surface area (Å²) >= 11 is 0. The van der Waals surface area contributed by atoms with Crippen molar-refractivity contribution in [3.63, 3.8) is 0 Å². The third kappa shape index (κ3) is 2.45. The van der Waals surface area contributed by atoms with Crippen LogP contribution < -0.4 is 10.6 Å². The number of rotatable bonds is 3. The van der Waals surface area contributed by atoms with Crippen LogP contribution in [0.3, 0.4) is 0 Å². The molecular weight excluding hydrogens is 250 g/mol. The first-order valence-electron chi connectivity index (χ1n) is 6.54. The second kappa shape index (κ2) is 4.89. The van der Waals surface area contributed by atoms with Gasteiger partial charge in [-0.25, -0.2) is 4.98 Å². The van der Waals surface area contributed by atoms with Crippen LogP contribution in [0.2, 0.25) is 0 Å². The van der Waals surface area contributed by atoms with Gasteiger partial charge in [0.15, 0.2) is 11.5 Å². The van der Waals surface area contributed by atoms with Crippen molar-refractivity contribution in [2.45, 2.75) is 13.5 Å². The molecule has 1 heterocycles. The largest absolute Gasteiger partial charge is 0.441 e. The van der Waals surface area contributed by atoms with Crippen molar-refractivity contribution in [3.8, 4) is 0 Å². The first-order valence-corrected chi connectivity index (χ1v) is 6.54. The van der Waals surface area contributed by atoms with Gasteiger partial charge >= 0.3 is 0 Å². The lowest BCUT2D eigenvalue weighted by molar-refractivity contribution is 0.561. The van der Waals surface area contributed by atoms with Crippen molar-refractivity contribution in [1.82, 2.24) is 4.98 Å². The van der Waals surface area contributed by atoms with Crippen LogP contribution >= 0.6 is 0 Å². The van der Waals surface area contributed by atoms with E-state index >= 15 is 0 Å². The highest BCUT2D eigenvalue weighted by atomic mass is 16.3. The molecule has 0 saturated heterocycles. The first kappa shape index (κ1) is 12.5. The molecule has 0 fully saturated rings. The van der Waals surface area contributed by atoms with Crippen molar-refractivity contribution in [1.29, 1.82) is 0 Å². The van der Waals surface area contributed by atoms with Crippen molar-refractivity contribution in [3.05, 3.63) is 53.9 Å². The molecule has 20 heavy (non-hydrogen) atoms. The summed E-state index contributed by atoms with van der Waals surface area (Å²) in [4.78, 5) is 6.53. The zero-order valence-electron chi connectivity index (χ0n) is 11.6. The zero-order chi connectivity index (χ0) is 14.1. The maximum absolute atomic E-state index is 5.81. The van der Waals surface area contributed by atoms with Crippen LogP contribution in [0.15, 0.2) is 46.9 Å². The van der Waals surface area contributed by atoms with Crippen LogP contribution in [0.25, 0.3) is 11.1 Å². The summed E-state index contributed by atoms with van der Waals surface area (Å²) in [6.07, 6.45) is 0. The molecule has 4 heteroatoms. The van der Waals surface area contributed by atoms with Crippen LogP contribution in [0.1, 0.15) is 11.5 Å². The predicted molar refractivity (Wildman–Crippen MR) is 81.7 cm³/mol. The number of nitrogens with two attached hydrogens (primary N) is 1. The van der Waals surface area contributed by atoms with Gasteiger partial charge in [0.05, 0.1) is 0 Å². The maximum atomic E-state index is 5.81. The Labute approximate surface area is 117 Å². The van der Waals surface area contributed by atoms with Crippen LogP contribution in [0.4, 0.5) is 11.4 Å². The fourth-order valence-corrected chi connectivity index (χ4v) is 2.33. The van der Waals surface area contributed by atoms with E-state index in [0.717, 1.165) is 29.0 Å². The molecule has 0 spiro atoms. The molecule has 4 nitrogen and oxygen atoms in total. The number of benzene rings is 2. The summed E-state index contributed by atoms with van der Waals surface area (Å²) in [6.45, 7) is 2.66. The number of anilines is 2. The highest BCUT2D eigenvalue weighted by Gasteiger charge is 2.07. The molecule has 102 valence electrons. The van der Waals surface area contributed by atoms with Gasteiger partial charge in [0, 0.05) is 31.9 Å². The Balaban J connectivity index is 1.86. The summed E-state index contributed by atoms with van der Waals surface area (Å²) < 4.78 is 5.49. The van der Waals surface area contributed by atoms with E-state index in [1.165, 1.54) is 5.56 Å². The molecule has 0 aliphatic rings. The van der Waals surface area contributed by atoms with E-state index in [0.29, 0.717) is 5.89 Å². The number of oxazole rings is 1. The Hall–Kier alpha value is -2.49. The summed E-state index contributed by atoms with van der Waals surface area (Å²) in [5.41, 5.74) is 10.6. The van der Waals surface area contributed by atoms with Gasteiger partial charge in [0.25, 0.3) is 0 Å². The summed E-state index contributed by atoms with van der Waals surface area (Å²) in [5, 5.41) is 0. The van der Waals surface area contributed by atoms with Crippen molar-refractivity contribution in [2.75, 3.05) is 17.7 Å². The van der Waals surface area contributed by atoms with E-state index in [-0.39, 0.29) is 0 Å². The fourth-order valence-electron chi connectivity index (χ4n) is 2.33. The number of aryl methyl sites for hydroxylation is 1. The molecule has 0 amide bonds. The first-order chi connectivity index (χ1) is 9.61. The lowest BCUT2D eigenvalue weighted by atomic mass is 10.2. The van der Waals surface area contributed by atoms with E-state index in [1.54, 1.807) is 0 Å². The zero-order valence-corrected chi connectivity index (χ0v) is 11.6. The number of hydrogen-bond donors (Lipinski definition) is 1. The van der Waals surface area contributed by atoms with Crippen molar-refractivity contribution >= 4 is 22.5 Å². The molecule has 2 N–H and O–H groups in total. The summed E-state index contributed by atoms with van der Waals surface area (Å²) in [5.74, 6) is 0.690. The Morgan fingerprint density at radius 2 is 2.05 bits per heavy atom. The van der Waals surface area contributed by atoms with Crippen LogP contribution in [0, 0.1) is 6.92 Å². The molecule has 0 radical (unpaired) electrons. The van der Waals surface area contributed by atoms with Crippen LogP contribution in [-0.2, 0) is 6.54 Å². The molecular formula is C16H17N3O. The molecule has 3 aromatic rings. The molecule has 0 unspecified atom stereocenters. The number of nitrogens with zero attached hydrogens (tertiary/aromatic N) is 2. The fraction of sp³-hybridized carbons (Fsp3) is 0.188. The average Bonchev–Trinajstić information content (AvgIpc) is 2.77. The second-order valence-electron chi connectivity index (χ2n) is 4.99. The van der Waals surface area contributed by atoms with Gasteiger partial charge in [0.2, 0.25) is 0 Å². The highest BCUT2D eigenvalue weighted by molar-refractivity contribution is 5.77. The van der Waals surface area contributed by atoms with E-state index in [1.807, 2.05) is 43.3 Å². The Morgan fingerprint density at radius 1 is 1.20 bits per heavy atom. The maximum Gasteiger partial charge on any atom is 0.192 e. The third-order valence-electron chi connectivity index (χ3n) is 3.29. The Kier molecular flexibility index (Phi) is 3.06. The second-order valence-corrected chi connectivity index (χ2v) is 4.99. The number of nitrogen functional groups attached to an aromatic ring is 1. The van der Waals surface area contributed by atoms with Gasteiger partial charge in [0.1, 0.15) is 5.52 Å². The van der Waals surface area contributed by atoms with Gasteiger partial charge in [-0.15, -0.1) is 0 Å². The number of fused-ring (bicyclic) bond motifs is 1. The van der Waals surface area contributed by atoms with Gasteiger partial charge in [-0.1, -0.05) is 12.1 Å². The molecule has 0 aliphatic carbocycles. The van der Waals surface area contributed by atoms with E-state index in [4.69, 9.17) is 10.2 Å². The Morgan fingerprint density at radius 3 is 2.85 bits per heavy atom. The normalized spacial score (nSPS) is 10.9. The standard InChI is InChI=1S/C16H17N3O/c1-11-18-15-9-14(6-7-16(15)20-11)19(2)10-12-4-3-5-13(17)8-12/h3-9H,10,17H2,1-2H3. The quantitative estimate of drug-likeness (QED) is 0.739. The van der Waals surface area contributed by atoms with Crippen molar-refractivity contribution < 1.29 is 4.42 Å². The lowest BCUT2D eigenvalue weighted by Crippen LogP contribution is -2.16. The highest BCUT2D eigenvalue weighted by Crippen LogP contribution is 2.23. The lowest BCUT2D eigenvalue weighted by Gasteiger charge is -2.19. The van der Waals surface area contributed by atoms with Crippen molar-refractivity contribution in [2.24, 2.45) is 0 Å². The molecule has 0 bridgehead atoms. The Bertz CT molecular complexity index is 748. The summed E-state index contributed by atoms with van der Waals surface area (Å²) in [7, 11) is 2.05. The topological polar surface area (TPSA) is 55.3 Å². The average molecular weight is 267 g/mol. The number of aromatic nitrogens is 1. The van der Waals surface area contributed by atoms with Gasteiger partial charge < -0.3 is 15.1 Å². The van der Waals surface area contributed by atoms with Gasteiger partial charge in [-0.2, -0.15) is 0 Å². The predicted octanol–water partition coefficient (Wildman–Crippen LogP) is 3.35. The third-order valence-corrected chi connectivity index (χ3v) is 3.29. The molecule has 3 rings (SSSR count). The molecule has 0 atom stereocenters. The smallest absolute Gasteiger partial charge is 0.192 e. The minimum atomic E-state index is 0.690. The van der Waals surface area contributed by atoms with E-state index in [2.05, 4.69) is 23.0 Å². The van der Waals surface area contributed by atoms with E-state index in [9.17, 15) is 0 Å². The molecule has 1 aromatic heterocycles. The van der Waals surface area contributed by atoms with E-state index < -0.39 is 0 Å².